The molecule has 1 amide bonds. The minimum Gasteiger partial charge on any atom is -0.497 e. The van der Waals surface area contributed by atoms with E-state index in [1.54, 1.807) is 23.0 Å². The van der Waals surface area contributed by atoms with Crippen molar-refractivity contribution >= 4 is 39.2 Å². The highest BCUT2D eigenvalue weighted by atomic mass is 32.2. The number of hydrogen-bond donors (Lipinski definition) is 1. The molecule has 2 heterocycles. The molecule has 1 aromatic carbocycles. The van der Waals surface area contributed by atoms with E-state index in [-0.39, 0.29) is 11.5 Å². The number of rotatable bonds is 8. The molecule has 3 rings (SSSR count). The van der Waals surface area contributed by atoms with Crippen molar-refractivity contribution in [3.05, 3.63) is 45.1 Å². The van der Waals surface area contributed by atoms with Crippen LogP contribution in [0.5, 0.6) is 5.75 Å². The van der Waals surface area contributed by atoms with Crippen LogP contribution in [-0.2, 0) is 11.2 Å². The fraction of sp³-hybridized carbons (Fsp3) is 0.435. The van der Waals surface area contributed by atoms with E-state index in [0.717, 1.165) is 21.7 Å². The first-order valence-corrected chi connectivity index (χ1v) is 12.1. The molecular weight excluding hydrogens is 430 g/mol. The molecule has 0 aliphatic carbocycles. The zero-order valence-corrected chi connectivity index (χ0v) is 20.4. The number of carbonyl (C=O) groups excluding carboxylic acids is 1. The van der Waals surface area contributed by atoms with Crippen LogP contribution in [0.1, 0.15) is 38.1 Å². The van der Waals surface area contributed by atoms with Gasteiger partial charge in [0.2, 0.25) is 5.91 Å². The average Bonchev–Trinajstić information content (AvgIpc) is 3.07. The minimum atomic E-state index is -0.397. The summed E-state index contributed by atoms with van der Waals surface area (Å²) in [7, 11) is 1.59. The summed E-state index contributed by atoms with van der Waals surface area (Å²) in [6.07, 6.45) is 0.849. The largest absolute Gasteiger partial charge is 0.497 e. The van der Waals surface area contributed by atoms with Gasteiger partial charge in [0.25, 0.3) is 5.56 Å². The summed E-state index contributed by atoms with van der Waals surface area (Å²) in [5, 5.41) is 3.71. The Balaban J connectivity index is 2.14. The van der Waals surface area contributed by atoms with Crippen molar-refractivity contribution in [1.29, 1.82) is 0 Å². The molecule has 2 aromatic heterocycles. The summed E-state index contributed by atoms with van der Waals surface area (Å²) in [5.74, 6) is 0.952. The minimum absolute atomic E-state index is 0.0677. The number of hydrogen-bond acceptors (Lipinski definition) is 6. The fourth-order valence-electron chi connectivity index (χ4n) is 3.26. The van der Waals surface area contributed by atoms with Crippen LogP contribution in [0, 0.1) is 12.8 Å². The van der Waals surface area contributed by atoms with Crippen LogP contribution in [0.3, 0.4) is 0 Å². The lowest BCUT2D eigenvalue weighted by Crippen LogP contribution is -2.34. The first-order valence-electron chi connectivity index (χ1n) is 10.4. The maximum absolute atomic E-state index is 13.6. The zero-order valence-electron chi connectivity index (χ0n) is 18.8. The zero-order chi connectivity index (χ0) is 22.7. The highest BCUT2D eigenvalue weighted by molar-refractivity contribution is 8.00. The molecule has 8 heteroatoms. The van der Waals surface area contributed by atoms with Gasteiger partial charge in [-0.3, -0.25) is 14.2 Å². The van der Waals surface area contributed by atoms with E-state index in [2.05, 4.69) is 26.1 Å². The van der Waals surface area contributed by atoms with Gasteiger partial charge >= 0.3 is 0 Å². The highest BCUT2D eigenvalue weighted by Gasteiger charge is 2.23. The molecule has 0 fully saturated rings. The third kappa shape index (κ3) is 4.96. The number of benzene rings is 1. The standard InChI is InChI=1S/C23H29N3O3S2/c1-7-18-14(4)19-21(31-18)25-23(30-15(5)20(27)24-12-13(2)3)26(22(19)28)16-9-8-10-17(11-16)29-6/h8-11,13,15H,7,12H2,1-6H3,(H,24,27). The number of thioether (sulfide) groups is 1. The van der Waals surface area contributed by atoms with E-state index >= 15 is 0 Å². The number of aromatic nitrogens is 2. The summed E-state index contributed by atoms with van der Waals surface area (Å²) in [5.41, 5.74) is 1.53. The summed E-state index contributed by atoms with van der Waals surface area (Å²) in [6, 6.07) is 7.34. The van der Waals surface area contributed by atoms with E-state index in [9.17, 15) is 9.59 Å². The number of ether oxygens (including phenoxy) is 1. The van der Waals surface area contributed by atoms with Crippen LogP contribution in [-0.4, -0.2) is 34.4 Å². The number of nitrogens with one attached hydrogen (secondary N) is 1. The van der Waals surface area contributed by atoms with Gasteiger partial charge in [0, 0.05) is 17.5 Å². The first kappa shape index (κ1) is 23.3. The highest BCUT2D eigenvalue weighted by Crippen LogP contribution is 2.32. The number of thiophene rings is 1. The summed E-state index contributed by atoms with van der Waals surface area (Å²) < 4.78 is 6.96. The molecule has 0 bridgehead atoms. The van der Waals surface area contributed by atoms with Gasteiger partial charge in [0.05, 0.1) is 23.4 Å². The number of carbonyl (C=O) groups is 1. The van der Waals surface area contributed by atoms with Gasteiger partial charge in [-0.2, -0.15) is 0 Å². The maximum atomic E-state index is 13.6. The van der Waals surface area contributed by atoms with Crippen LogP contribution in [0.2, 0.25) is 0 Å². The molecule has 0 aliphatic heterocycles. The topological polar surface area (TPSA) is 73.2 Å². The third-order valence-electron chi connectivity index (χ3n) is 5.00. The Labute approximate surface area is 191 Å². The Morgan fingerprint density at radius 1 is 1.32 bits per heavy atom. The summed E-state index contributed by atoms with van der Waals surface area (Å²) in [6.45, 7) is 10.6. The van der Waals surface area contributed by atoms with E-state index < -0.39 is 5.25 Å². The van der Waals surface area contributed by atoms with Gasteiger partial charge in [-0.1, -0.05) is 38.6 Å². The van der Waals surface area contributed by atoms with E-state index in [1.807, 2.05) is 38.1 Å². The predicted molar refractivity (Wildman–Crippen MR) is 129 cm³/mol. The number of amides is 1. The fourth-order valence-corrected chi connectivity index (χ4v) is 5.37. The van der Waals surface area contributed by atoms with Crippen LogP contribution >= 0.6 is 23.1 Å². The van der Waals surface area contributed by atoms with Crippen molar-refractivity contribution in [3.63, 3.8) is 0 Å². The quantitative estimate of drug-likeness (QED) is 0.394. The van der Waals surface area contributed by atoms with Crippen molar-refractivity contribution in [1.82, 2.24) is 14.9 Å². The number of nitrogens with zero attached hydrogens (tertiary/aromatic N) is 2. The number of aryl methyl sites for hydroxylation is 2. The van der Waals surface area contributed by atoms with E-state index in [0.29, 0.717) is 34.4 Å². The molecule has 166 valence electrons. The first-order chi connectivity index (χ1) is 14.8. The Morgan fingerprint density at radius 2 is 2.06 bits per heavy atom. The average molecular weight is 460 g/mol. The van der Waals surface area contributed by atoms with E-state index in [1.165, 1.54) is 11.8 Å². The second-order valence-electron chi connectivity index (χ2n) is 7.82. The molecular formula is C23H29N3O3S2. The van der Waals surface area contributed by atoms with Gasteiger partial charge in [-0.25, -0.2) is 4.98 Å². The molecule has 0 aliphatic rings. The van der Waals surface area contributed by atoms with Gasteiger partial charge < -0.3 is 10.1 Å². The van der Waals surface area contributed by atoms with Gasteiger partial charge in [-0.05, 0) is 43.9 Å². The van der Waals surface area contributed by atoms with Crippen molar-refractivity contribution in [3.8, 4) is 11.4 Å². The smallest absolute Gasteiger partial charge is 0.267 e. The normalized spacial score (nSPS) is 12.4. The van der Waals surface area contributed by atoms with Crippen molar-refractivity contribution in [2.45, 2.75) is 51.4 Å². The molecule has 0 spiro atoms. The van der Waals surface area contributed by atoms with Crippen LogP contribution in [0.25, 0.3) is 15.9 Å². The molecule has 31 heavy (non-hydrogen) atoms. The lowest BCUT2D eigenvalue weighted by molar-refractivity contribution is -0.120. The van der Waals surface area contributed by atoms with Crippen molar-refractivity contribution < 1.29 is 9.53 Å². The molecule has 1 unspecified atom stereocenters. The van der Waals surface area contributed by atoms with Crippen LogP contribution in [0.4, 0.5) is 0 Å². The Bertz CT molecular complexity index is 1150. The molecule has 1 N–H and O–H groups in total. The third-order valence-corrected chi connectivity index (χ3v) is 7.38. The predicted octanol–water partition coefficient (Wildman–Crippen LogP) is 4.58. The molecule has 0 saturated carbocycles. The molecule has 0 saturated heterocycles. The Kier molecular flexibility index (Phi) is 7.43. The lowest BCUT2D eigenvalue weighted by Gasteiger charge is -2.17. The molecule has 1 atom stereocenters. The van der Waals surface area contributed by atoms with Crippen LogP contribution < -0.4 is 15.6 Å². The summed E-state index contributed by atoms with van der Waals surface area (Å²) in [4.78, 5) is 32.9. The number of fused-ring (bicyclic) bond motifs is 1. The molecule has 0 radical (unpaired) electrons. The maximum Gasteiger partial charge on any atom is 0.267 e. The molecule has 6 nitrogen and oxygen atoms in total. The van der Waals surface area contributed by atoms with Gasteiger partial charge in [-0.15, -0.1) is 11.3 Å². The second kappa shape index (κ2) is 9.87. The Hall–Kier alpha value is -2.32. The Morgan fingerprint density at radius 3 is 2.71 bits per heavy atom. The summed E-state index contributed by atoms with van der Waals surface area (Å²) >= 11 is 2.85. The van der Waals surface area contributed by atoms with Crippen LogP contribution in [0.15, 0.2) is 34.2 Å². The van der Waals surface area contributed by atoms with Gasteiger partial charge in [0.1, 0.15) is 10.6 Å². The SMILES string of the molecule is CCc1sc2nc(SC(C)C(=O)NCC(C)C)n(-c3cccc(OC)c3)c(=O)c2c1C. The monoisotopic (exact) mass is 459 g/mol. The second-order valence-corrected chi connectivity index (χ2v) is 10.2. The number of methoxy groups -OCH3 is 1. The van der Waals surface area contributed by atoms with Crippen molar-refractivity contribution in [2.24, 2.45) is 5.92 Å². The van der Waals surface area contributed by atoms with Crippen molar-refractivity contribution in [2.75, 3.05) is 13.7 Å². The molecule has 3 aromatic rings. The lowest BCUT2D eigenvalue weighted by atomic mass is 10.2. The van der Waals surface area contributed by atoms with Gasteiger partial charge in [0.15, 0.2) is 5.16 Å². The van der Waals surface area contributed by atoms with E-state index in [4.69, 9.17) is 9.72 Å².